The largest absolute Gasteiger partial charge is 0.472 e. The number of hydrogen-bond donors (Lipinski definition) is 2. The van der Waals surface area contributed by atoms with Crippen molar-refractivity contribution in [2.75, 3.05) is 53.9 Å². The van der Waals surface area contributed by atoms with Crippen LogP contribution in [0, 0.1) is 0 Å². The molecule has 0 amide bonds. The number of ether oxygens (including phenoxy) is 8. The van der Waals surface area contributed by atoms with Gasteiger partial charge in [-0.1, -0.05) is 0 Å². The average Bonchev–Trinajstić information content (AvgIpc) is 3.69. The molecule has 6 fully saturated rings. The van der Waals surface area contributed by atoms with Gasteiger partial charge in [-0.05, 0) is 20.8 Å². The molecule has 0 saturated carbocycles. The first-order valence-corrected chi connectivity index (χ1v) is 16.5. The molecule has 6 aliphatic heterocycles. The molecule has 0 aromatic carbocycles. The molecule has 6 bridgehead atoms. The summed E-state index contributed by atoms with van der Waals surface area (Å²) in [5.41, 5.74) is -3.61. The Labute approximate surface area is 237 Å². The van der Waals surface area contributed by atoms with Crippen LogP contribution in [-0.2, 0) is 65.1 Å². The molecule has 6 heterocycles. The zero-order valence-electron chi connectivity index (χ0n) is 23.4. The summed E-state index contributed by atoms with van der Waals surface area (Å²) in [7, 11) is -6.46. The van der Waals surface area contributed by atoms with Crippen LogP contribution in [0.3, 0.4) is 0 Å². The summed E-state index contributed by atoms with van der Waals surface area (Å²) in [6.07, 6.45) is -5.48. The number of hydrogen-bond acceptors (Lipinski definition) is 14. The normalized spacial score (nSPS) is 51.0. The fourth-order valence-electron chi connectivity index (χ4n) is 6.99. The van der Waals surface area contributed by atoms with E-state index in [1.165, 1.54) is 14.2 Å². The van der Waals surface area contributed by atoms with Gasteiger partial charge in [0.25, 0.3) is 0 Å². The third-order valence-electron chi connectivity index (χ3n) is 8.74. The van der Waals surface area contributed by atoms with Gasteiger partial charge in [0.1, 0.15) is 53.4 Å². The molecule has 0 spiro atoms. The smallest absolute Gasteiger partial charge is 0.381 e. The van der Waals surface area contributed by atoms with E-state index in [9.17, 15) is 18.9 Å². The van der Waals surface area contributed by atoms with Crippen LogP contribution in [0.15, 0.2) is 0 Å². The highest BCUT2D eigenvalue weighted by Gasteiger charge is 2.66. The summed E-state index contributed by atoms with van der Waals surface area (Å²) < 4.78 is 93.9. The zero-order valence-corrected chi connectivity index (χ0v) is 25.2. The van der Waals surface area contributed by atoms with Crippen LogP contribution in [0.5, 0.6) is 0 Å². The van der Waals surface area contributed by atoms with Gasteiger partial charge in [0.05, 0.1) is 58.0 Å². The molecule has 6 saturated heterocycles. The second-order valence-electron chi connectivity index (χ2n) is 11.6. The predicted molar refractivity (Wildman–Crippen MR) is 133 cm³/mol. The second-order valence-corrected chi connectivity index (χ2v) is 14.4. The Kier molecular flexibility index (Phi) is 8.11. The molecule has 236 valence electrons. The van der Waals surface area contributed by atoms with Gasteiger partial charge in [0.2, 0.25) is 0 Å². The molecule has 18 heteroatoms. The lowest BCUT2D eigenvalue weighted by Crippen LogP contribution is -2.47. The number of fused-ring (bicyclic) bond motifs is 6. The Morgan fingerprint density at radius 2 is 1.02 bits per heavy atom. The Morgan fingerprint density at radius 3 is 1.39 bits per heavy atom. The molecule has 2 N–H and O–H groups in total. The van der Waals surface area contributed by atoms with Gasteiger partial charge in [0, 0.05) is 14.2 Å². The maximum atomic E-state index is 13.1. The van der Waals surface area contributed by atoms with E-state index >= 15 is 0 Å². The molecular formula is C23H38O16P2. The summed E-state index contributed by atoms with van der Waals surface area (Å²) in [5, 5.41) is 0. The molecule has 16 nitrogen and oxygen atoms in total. The van der Waals surface area contributed by atoms with Crippen molar-refractivity contribution in [3.63, 3.8) is 0 Å². The van der Waals surface area contributed by atoms with Gasteiger partial charge in [0.15, 0.2) is 0 Å². The van der Waals surface area contributed by atoms with Crippen molar-refractivity contribution in [2.45, 2.75) is 92.5 Å². The van der Waals surface area contributed by atoms with Crippen LogP contribution in [0.4, 0.5) is 0 Å². The van der Waals surface area contributed by atoms with Crippen LogP contribution in [0.1, 0.15) is 20.8 Å². The Hall–Kier alpha value is -0.100. The van der Waals surface area contributed by atoms with E-state index in [1.54, 1.807) is 13.8 Å². The molecule has 41 heavy (non-hydrogen) atoms. The van der Waals surface area contributed by atoms with Crippen molar-refractivity contribution < 1.29 is 74.9 Å². The minimum Gasteiger partial charge on any atom is -0.381 e. The van der Waals surface area contributed by atoms with Crippen molar-refractivity contribution in [1.82, 2.24) is 0 Å². The Balaban J connectivity index is 1.11. The van der Waals surface area contributed by atoms with E-state index in [-0.39, 0.29) is 51.3 Å². The topological polar surface area (TPSA) is 185 Å². The van der Waals surface area contributed by atoms with Gasteiger partial charge < -0.3 is 47.7 Å². The van der Waals surface area contributed by atoms with Gasteiger partial charge in [-0.25, -0.2) is 9.13 Å². The minimum atomic E-state index is -4.73. The lowest BCUT2D eigenvalue weighted by atomic mass is 10.00. The van der Waals surface area contributed by atoms with Gasteiger partial charge in [-0.2, -0.15) is 0 Å². The van der Waals surface area contributed by atoms with Crippen LogP contribution in [-0.4, -0.2) is 135 Å². The summed E-state index contributed by atoms with van der Waals surface area (Å²) >= 11 is 0. The average molecular weight is 632 g/mol. The molecule has 0 aromatic rings. The fraction of sp³-hybridized carbons (Fsp3) is 1.00. The highest BCUT2D eigenvalue weighted by molar-refractivity contribution is 7.47. The highest BCUT2D eigenvalue weighted by Crippen LogP contribution is 2.57. The molecule has 0 aromatic heterocycles. The Bertz CT molecular complexity index is 1100. The van der Waals surface area contributed by atoms with E-state index < -0.39 is 75.7 Å². The van der Waals surface area contributed by atoms with E-state index in [0.717, 1.165) is 0 Å². The second kappa shape index (κ2) is 10.8. The molecule has 0 radical (unpaired) electrons. The van der Waals surface area contributed by atoms with Crippen molar-refractivity contribution >= 4 is 15.6 Å². The van der Waals surface area contributed by atoms with Crippen molar-refractivity contribution in [3.8, 4) is 0 Å². The van der Waals surface area contributed by atoms with Gasteiger partial charge in [-0.15, -0.1) is 0 Å². The minimum absolute atomic E-state index is 0.0867. The van der Waals surface area contributed by atoms with E-state index in [1.807, 2.05) is 6.92 Å². The standard InChI is InChI=1S/C23H38O16P2/c1-12-15-18(29-5)22(36-12,8-30-15)10-33-40(24,25)39-20-17-14(3)37-23(20,9-32-17)11-34-41(26,27)38-19-16-13(2)35-21(19,6-28-4)7-31-16/h12-20H,6-11H2,1-5H3,(H,24,25)(H,26,27)/t12?,13?,14?,15-,16-,17-,18-,19-,20-,21?,22?,23?/m1/s1. The molecule has 6 rings (SSSR count). The van der Waals surface area contributed by atoms with Gasteiger partial charge >= 0.3 is 15.6 Å². The van der Waals surface area contributed by atoms with Crippen molar-refractivity contribution in [2.24, 2.45) is 0 Å². The van der Waals surface area contributed by atoms with Crippen LogP contribution in [0.2, 0.25) is 0 Å². The monoisotopic (exact) mass is 632 g/mol. The van der Waals surface area contributed by atoms with E-state index in [2.05, 4.69) is 0 Å². The molecular weight excluding hydrogens is 594 g/mol. The van der Waals surface area contributed by atoms with Gasteiger partial charge in [-0.3, -0.25) is 18.1 Å². The SMILES string of the molecule is COCC12CO[C@H](C(C)O1)[C@H]2OP(=O)(O)OCC12CO[C@H](C(C)O1)[C@H]2OP(=O)(O)OCC12CO[C@H](C(C)O1)[C@H]2OC. The number of phosphoric acid groups is 2. The van der Waals surface area contributed by atoms with E-state index in [0.29, 0.717) is 0 Å². The van der Waals surface area contributed by atoms with Crippen molar-refractivity contribution in [3.05, 3.63) is 0 Å². The van der Waals surface area contributed by atoms with Crippen LogP contribution >= 0.6 is 15.6 Å². The summed E-state index contributed by atoms with van der Waals surface area (Å²) in [6.45, 7) is 4.64. The molecule has 14 atom stereocenters. The quantitative estimate of drug-likeness (QED) is 0.264. The Morgan fingerprint density at radius 1 is 0.659 bits per heavy atom. The summed E-state index contributed by atoms with van der Waals surface area (Å²) in [4.78, 5) is 21.4. The summed E-state index contributed by atoms with van der Waals surface area (Å²) in [6, 6.07) is 0. The first-order chi connectivity index (χ1) is 19.3. The third-order valence-corrected chi connectivity index (χ3v) is 10.6. The zero-order chi connectivity index (χ0) is 29.4. The molecule has 6 aliphatic rings. The first kappa shape index (κ1) is 30.9. The van der Waals surface area contributed by atoms with Crippen LogP contribution < -0.4 is 0 Å². The lowest BCUT2D eigenvalue weighted by molar-refractivity contribution is -0.162. The molecule has 8 unspecified atom stereocenters. The first-order valence-electron chi connectivity index (χ1n) is 13.5. The summed E-state index contributed by atoms with van der Waals surface area (Å²) in [5.74, 6) is 0. The number of phosphoric ester groups is 2. The third kappa shape index (κ3) is 5.21. The van der Waals surface area contributed by atoms with Crippen LogP contribution in [0.25, 0.3) is 0 Å². The lowest BCUT2D eigenvalue weighted by Gasteiger charge is -2.33. The number of rotatable bonds is 13. The molecule has 0 aliphatic carbocycles. The van der Waals surface area contributed by atoms with E-state index in [4.69, 9.17) is 56.0 Å². The highest BCUT2D eigenvalue weighted by atomic mass is 31.2. The predicted octanol–water partition coefficient (Wildman–Crippen LogP) is 0.321. The fourth-order valence-corrected chi connectivity index (χ4v) is 9.07. The maximum absolute atomic E-state index is 13.1. The number of methoxy groups -OCH3 is 2. The van der Waals surface area contributed by atoms with Crippen molar-refractivity contribution in [1.29, 1.82) is 0 Å². The maximum Gasteiger partial charge on any atom is 0.472 e.